The zero-order valence-corrected chi connectivity index (χ0v) is 11.3. The highest BCUT2D eigenvalue weighted by molar-refractivity contribution is 5.83. The van der Waals surface area contributed by atoms with Crippen molar-refractivity contribution in [3.63, 3.8) is 0 Å². The molecule has 1 aromatic rings. The van der Waals surface area contributed by atoms with Crippen molar-refractivity contribution >= 4 is 11.9 Å². The molecule has 0 aromatic heterocycles. The lowest BCUT2D eigenvalue weighted by Gasteiger charge is -2.18. The lowest BCUT2D eigenvalue weighted by molar-refractivity contribution is -0.151. The van der Waals surface area contributed by atoms with Crippen LogP contribution in [0.25, 0.3) is 0 Å². The molecule has 0 spiro atoms. The molecule has 5 nitrogen and oxygen atoms in total. The van der Waals surface area contributed by atoms with Gasteiger partial charge in [0.1, 0.15) is 17.7 Å². The van der Waals surface area contributed by atoms with Crippen molar-refractivity contribution in [3.8, 4) is 0 Å². The predicted molar refractivity (Wildman–Crippen MR) is 68.4 cm³/mol. The van der Waals surface area contributed by atoms with Gasteiger partial charge in [-0.3, -0.25) is 4.79 Å². The van der Waals surface area contributed by atoms with Crippen molar-refractivity contribution in [2.75, 3.05) is 0 Å². The number of carbonyl (C=O) groups excluding carboxylic acids is 1. The van der Waals surface area contributed by atoms with Gasteiger partial charge in [-0.25, -0.2) is 13.6 Å². The maximum Gasteiger partial charge on any atom is 0.332 e. The molecule has 0 saturated carbocycles. The largest absolute Gasteiger partial charge is 0.479 e. The zero-order valence-electron chi connectivity index (χ0n) is 11.3. The molecule has 114 valence electrons. The van der Waals surface area contributed by atoms with Crippen LogP contribution in [0.15, 0.2) is 18.2 Å². The Kier molecular flexibility index (Phi) is 4.52. The van der Waals surface area contributed by atoms with Crippen LogP contribution in [0.4, 0.5) is 8.78 Å². The summed E-state index contributed by atoms with van der Waals surface area (Å²) >= 11 is 0. The highest BCUT2D eigenvalue weighted by atomic mass is 19.1. The molecule has 0 aliphatic carbocycles. The number of nitrogens with one attached hydrogen (secondary N) is 1. The second-order valence-electron chi connectivity index (χ2n) is 4.89. The van der Waals surface area contributed by atoms with E-state index in [0.717, 1.165) is 12.1 Å². The fraction of sp³-hybridized carbons (Fsp3) is 0.429. The van der Waals surface area contributed by atoms with E-state index in [-0.39, 0.29) is 18.4 Å². The number of carbonyl (C=O) groups is 2. The number of carboxylic acid groups (broad SMARTS) is 1. The molecule has 0 radical (unpaired) electrons. The third kappa shape index (κ3) is 3.36. The molecule has 1 aliphatic heterocycles. The van der Waals surface area contributed by atoms with Crippen LogP contribution in [-0.4, -0.2) is 29.2 Å². The summed E-state index contributed by atoms with van der Waals surface area (Å²) in [5.41, 5.74) is -0.237. The lowest BCUT2D eigenvalue weighted by atomic mass is 10.1. The van der Waals surface area contributed by atoms with Crippen LogP contribution in [0.1, 0.15) is 31.4 Å². The highest BCUT2D eigenvalue weighted by Gasteiger charge is 2.35. The number of carboxylic acids is 1. The molecule has 1 aromatic carbocycles. The Bertz CT molecular complexity index is 544. The summed E-state index contributed by atoms with van der Waals surface area (Å²) in [5, 5.41) is 11.2. The van der Waals surface area contributed by atoms with Gasteiger partial charge in [0.25, 0.3) is 0 Å². The SMILES string of the molecule is CC(NC(=O)[C@@H]1CC[C@H](C(=O)O)O1)c1c(F)cccc1F. The van der Waals surface area contributed by atoms with E-state index in [0.29, 0.717) is 0 Å². The first-order chi connectivity index (χ1) is 9.90. The molecule has 1 saturated heterocycles. The fourth-order valence-corrected chi connectivity index (χ4v) is 2.31. The molecule has 3 atom stereocenters. The van der Waals surface area contributed by atoms with Crippen molar-refractivity contribution in [2.24, 2.45) is 0 Å². The maximum absolute atomic E-state index is 13.6. The molecular formula is C14H15F2NO4. The fourth-order valence-electron chi connectivity index (χ4n) is 2.31. The number of halogens is 2. The van der Waals surface area contributed by atoms with Crippen molar-refractivity contribution in [2.45, 2.75) is 38.0 Å². The number of hydrogen-bond acceptors (Lipinski definition) is 3. The van der Waals surface area contributed by atoms with E-state index in [1.807, 2.05) is 0 Å². The minimum atomic E-state index is -1.13. The molecule has 0 bridgehead atoms. The molecule has 21 heavy (non-hydrogen) atoms. The first-order valence-corrected chi connectivity index (χ1v) is 6.52. The topological polar surface area (TPSA) is 75.6 Å². The van der Waals surface area contributed by atoms with Gasteiger partial charge in [-0.1, -0.05) is 6.07 Å². The van der Waals surface area contributed by atoms with E-state index >= 15 is 0 Å². The van der Waals surface area contributed by atoms with Crippen LogP contribution in [0, 0.1) is 11.6 Å². The van der Waals surface area contributed by atoms with Gasteiger partial charge in [-0.05, 0) is 31.9 Å². The van der Waals surface area contributed by atoms with Gasteiger partial charge in [-0.15, -0.1) is 0 Å². The molecule has 2 N–H and O–H groups in total. The van der Waals surface area contributed by atoms with Gasteiger partial charge >= 0.3 is 5.97 Å². The maximum atomic E-state index is 13.6. The lowest BCUT2D eigenvalue weighted by Crippen LogP contribution is -2.37. The summed E-state index contributed by atoms with van der Waals surface area (Å²) in [4.78, 5) is 22.7. The van der Waals surface area contributed by atoms with Crippen molar-refractivity contribution in [1.29, 1.82) is 0 Å². The quantitative estimate of drug-likeness (QED) is 0.888. The molecule has 7 heteroatoms. The van der Waals surface area contributed by atoms with Crippen LogP contribution < -0.4 is 5.32 Å². The van der Waals surface area contributed by atoms with Gasteiger partial charge in [0.05, 0.1) is 6.04 Å². The third-order valence-corrected chi connectivity index (χ3v) is 3.38. The van der Waals surface area contributed by atoms with Crippen LogP contribution in [-0.2, 0) is 14.3 Å². The Labute approximate surface area is 119 Å². The van der Waals surface area contributed by atoms with Crippen LogP contribution in [0.3, 0.4) is 0 Å². The second-order valence-corrected chi connectivity index (χ2v) is 4.89. The van der Waals surface area contributed by atoms with Crippen LogP contribution in [0.5, 0.6) is 0 Å². The highest BCUT2D eigenvalue weighted by Crippen LogP contribution is 2.23. The Hall–Kier alpha value is -2.02. The molecular weight excluding hydrogens is 284 g/mol. The Balaban J connectivity index is 2.02. The van der Waals surface area contributed by atoms with E-state index in [1.54, 1.807) is 0 Å². The van der Waals surface area contributed by atoms with Crippen LogP contribution >= 0.6 is 0 Å². The summed E-state index contributed by atoms with van der Waals surface area (Å²) in [5.74, 6) is -3.20. The molecule has 1 heterocycles. The Morgan fingerprint density at radius 1 is 1.29 bits per heavy atom. The summed E-state index contributed by atoms with van der Waals surface area (Å²) in [6, 6.07) is 2.56. The molecule has 1 unspecified atom stereocenters. The Morgan fingerprint density at radius 2 is 1.86 bits per heavy atom. The van der Waals surface area contributed by atoms with E-state index in [9.17, 15) is 18.4 Å². The summed E-state index contributed by atoms with van der Waals surface area (Å²) in [6.45, 7) is 1.45. The Morgan fingerprint density at radius 3 is 2.38 bits per heavy atom. The van der Waals surface area contributed by atoms with Crippen molar-refractivity contribution in [3.05, 3.63) is 35.4 Å². The van der Waals surface area contributed by atoms with Gasteiger partial charge in [0.2, 0.25) is 5.91 Å². The number of hydrogen-bond donors (Lipinski definition) is 2. The molecule has 1 aliphatic rings. The van der Waals surface area contributed by atoms with E-state index in [2.05, 4.69) is 5.32 Å². The van der Waals surface area contributed by atoms with Crippen molar-refractivity contribution in [1.82, 2.24) is 5.32 Å². The predicted octanol–water partition coefficient (Wildman–Crippen LogP) is 1.77. The minimum Gasteiger partial charge on any atom is -0.479 e. The average molecular weight is 299 g/mol. The third-order valence-electron chi connectivity index (χ3n) is 3.38. The summed E-state index contributed by atoms with van der Waals surface area (Å²) < 4.78 is 32.3. The number of amides is 1. The van der Waals surface area contributed by atoms with Gasteiger partial charge in [-0.2, -0.15) is 0 Å². The smallest absolute Gasteiger partial charge is 0.332 e. The van der Waals surface area contributed by atoms with E-state index in [1.165, 1.54) is 13.0 Å². The number of benzene rings is 1. The number of ether oxygens (including phenoxy) is 1. The molecule has 2 rings (SSSR count). The second kappa shape index (κ2) is 6.17. The standard InChI is InChI=1S/C14H15F2NO4/c1-7(12-8(15)3-2-4-9(12)16)17-13(18)10-5-6-11(21-10)14(19)20/h2-4,7,10-11H,5-6H2,1H3,(H,17,18)(H,19,20)/t7?,10-,11+/m0/s1. The monoisotopic (exact) mass is 299 g/mol. The van der Waals surface area contributed by atoms with Crippen molar-refractivity contribution < 1.29 is 28.2 Å². The van der Waals surface area contributed by atoms with E-state index < -0.39 is 41.8 Å². The van der Waals surface area contributed by atoms with Gasteiger partial charge in [0.15, 0.2) is 6.10 Å². The van der Waals surface area contributed by atoms with E-state index in [4.69, 9.17) is 9.84 Å². The minimum absolute atomic E-state index is 0.232. The summed E-state index contributed by atoms with van der Waals surface area (Å²) in [7, 11) is 0. The normalized spacial score (nSPS) is 22.8. The molecule has 1 amide bonds. The van der Waals surface area contributed by atoms with Crippen LogP contribution in [0.2, 0.25) is 0 Å². The van der Waals surface area contributed by atoms with Gasteiger partial charge in [0, 0.05) is 5.56 Å². The summed E-state index contributed by atoms with van der Waals surface area (Å²) in [6.07, 6.45) is -1.44. The number of rotatable bonds is 4. The molecule has 1 fully saturated rings. The van der Waals surface area contributed by atoms with Gasteiger partial charge < -0.3 is 15.2 Å². The number of aliphatic carboxylic acids is 1. The average Bonchev–Trinajstić information content (AvgIpc) is 2.88. The first-order valence-electron chi connectivity index (χ1n) is 6.52. The first kappa shape index (κ1) is 15.4. The zero-order chi connectivity index (χ0) is 15.6.